The van der Waals surface area contributed by atoms with Crippen LogP contribution < -0.4 is 5.32 Å². The van der Waals surface area contributed by atoms with E-state index in [0.717, 1.165) is 5.56 Å². The molecule has 0 saturated carbocycles. The molecule has 1 atom stereocenters. The SMILES string of the molecule is CC(NC(=O)N(C)CCC(=O)O)c1cn[nH]c1. The predicted molar refractivity (Wildman–Crippen MR) is 60.4 cm³/mol. The zero-order chi connectivity index (χ0) is 12.8. The summed E-state index contributed by atoms with van der Waals surface area (Å²) in [6, 6.07) is -0.478. The second-order valence-electron chi connectivity index (χ2n) is 3.77. The number of nitrogens with one attached hydrogen (secondary N) is 2. The van der Waals surface area contributed by atoms with Crippen LogP contribution in [0, 0.1) is 0 Å². The molecule has 7 nitrogen and oxygen atoms in total. The lowest BCUT2D eigenvalue weighted by atomic mass is 10.2. The maximum Gasteiger partial charge on any atom is 0.317 e. The molecule has 1 rings (SSSR count). The van der Waals surface area contributed by atoms with Crippen molar-refractivity contribution in [1.82, 2.24) is 20.4 Å². The largest absolute Gasteiger partial charge is 0.481 e. The minimum absolute atomic E-state index is 0.0655. The number of urea groups is 1. The predicted octanol–water partition coefficient (Wildman–Crippen LogP) is 0.587. The number of aromatic amines is 1. The van der Waals surface area contributed by atoms with E-state index in [1.807, 2.05) is 6.92 Å². The van der Waals surface area contributed by atoms with E-state index in [2.05, 4.69) is 15.5 Å². The summed E-state index contributed by atoms with van der Waals surface area (Å²) >= 11 is 0. The highest BCUT2D eigenvalue weighted by Crippen LogP contribution is 2.09. The zero-order valence-electron chi connectivity index (χ0n) is 9.80. The number of nitrogens with zero attached hydrogens (tertiary/aromatic N) is 2. The maximum atomic E-state index is 11.7. The van der Waals surface area contributed by atoms with E-state index in [1.54, 1.807) is 19.4 Å². The Morgan fingerprint density at radius 1 is 1.65 bits per heavy atom. The molecule has 0 saturated heterocycles. The van der Waals surface area contributed by atoms with E-state index in [-0.39, 0.29) is 25.0 Å². The maximum absolute atomic E-state index is 11.7. The Morgan fingerprint density at radius 3 is 2.88 bits per heavy atom. The Kier molecular flexibility index (Phi) is 4.50. The van der Waals surface area contributed by atoms with E-state index in [9.17, 15) is 9.59 Å². The summed E-state index contributed by atoms with van der Waals surface area (Å²) in [6.45, 7) is 2.01. The molecule has 0 radical (unpaired) electrons. The van der Waals surface area contributed by atoms with Crippen LogP contribution in [0.1, 0.15) is 24.9 Å². The number of carboxylic acid groups (broad SMARTS) is 1. The van der Waals surface area contributed by atoms with Crippen LogP contribution in [0.25, 0.3) is 0 Å². The standard InChI is InChI=1S/C10H16N4O3/c1-7(8-5-11-12-6-8)13-10(17)14(2)4-3-9(15)16/h5-7H,3-4H2,1-2H3,(H,11,12)(H,13,17)(H,15,16). The molecule has 94 valence electrons. The molecule has 0 aliphatic rings. The lowest BCUT2D eigenvalue weighted by molar-refractivity contribution is -0.137. The van der Waals surface area contributed by atoms with Crippen molar-refractivity contribution >= 4 is 12.0 Å². The van der Waals surface area contributed by atoms with Crippen molar-refractivity contribution in [2.75, 3.05) is 13.6 Å². The molecule has 3 N–H and O–H groups in total. The zero-order valence-corrected chi connectivity index (χ0v) is 9.80. The number of aliphatic carboxylic acids is 1. The van der Waals surface area contributed by atoms with Gasteiger partial charge in [-0.05, 0) is 6.92 Å². The number of carbonyl (C=O) groups is 2. The Bertz CT molecular complexity index is 377. The smallest absolute Gasteiger partial charge is 0.317 e. The molecule has 0 aliphatic heterocycles. The molecule has 1 heterocycles. The van der Waals surface area contributed by atoms with Crippen molar-refractivity contribution in [3.05, 3.63) is 18.0 Å². The fourth-order valence-corrected chi connectivity index (χ4v) is 1.24. The molecule has 0 fully saturated rings. The van der Waals surface area contributed by atoms with Crippen molar-refractivity contribution in [1.29, 1.82) is 0 Å². The second-order valence-corrected chi connectivity index (χ2v) is 3.77. The third-order valence-electron chi connectivity index (χ3n) is 2.37. The number of aromatic nitrogens is 2. The van der Waals surface area contributed by atoms with Crippen LogP contribution in [0.4, 0.5) is 4.79 Å². The first kappa shape index (κ1) is 13.0. The van der Waals surface area contributed by atoms with Gasteiger partial charge in [0.15, 0.2) is 0 Å². The van der Waals surface area contributed by atoms with Gasteiger partial charge in [-0.25, -0.2) is 4.79 Å². The third-order valence-corrected chi connectivity index (χ3v) is 2.37. The summed E-state index contributed by atoms with van der Waals surface area (Å²) in [4.78, 5) is 23.4. The van der Waals surface area contributed by atoms with Crippen LogP contribution in [0.5, 0.6) is 0 Å². The number of carboxylic acids is 1. The van der Waals surface area contributed by atoms with Gasteiger partial charge in [-0.3, -0.25) is 9.89 Å². The molecule has 17 heavy (non-hydrogen) atoms. The van der Waals surface area contributed by atoms with Crippen LogP contribution in [0.3, 0.4) is 0 Å². The molecule has 7 heteroatoms. The van der Waals surface area contributed by atoms with Gasteiger partial charge in [0.2, 0.25) is 0 Å². The average molecular weight is 240 g/mol. The lowest BCUT2D eigenvalue weighted by Gasteiger charge is -2.20. The fourth-order valence-electron chi connectivity index (χ4n) is 1.24. The number of carbonyl (C=O) groups excluding carboxylic acids is 1. The Labute approximate surface area is 98.8 Å². The summed E-state index contributed by atoms with van der Waals surface area (Å²) in [7, 11) is 1.56. The topological polar surface area (TPSA) is 98.3 Å². The van der Waals surface area contributed by atoms with E-state index in [0.29, 0.717) is 0 Å². The number of amides is 2. The molecule has 0 bridgehead atoms. The first-order chi connectivity index (χ1) is 8.00. The van der Waals surface area contributed by atoms with Gasteiger partial charge < -0.3 is 15.3 Å². The molecule has 1 aromatic rings. The molecular weight excluding hydrogens is 224 g/mol. The van der Waals surface area contributed by atoms with Crippen LogP contribution in [0.2, 0.25) is 0 Å². The molecule has 1 aromatic heterocycles. The van der Waals surface area contributed by atoms with Gasteiger partial charge in [0.25, 0.3) is 0 Å². The molecule has 1 unspecified atom stereocenters. The molecular formula is C10H16N4O3. The summed E-state index contributed by atoms with van der Waals surface area (Å²) in [5.74, 6) is -0.924. The van der Waals surface area contributed by atoms with E-state index >= 15 is 0 Å². The van der Waals surface area contributed by atoms with Crippen molar-refractivity contribution in [3.63, 3.8) is 0 Å². The van der Waals surface area contributed by atoms with Crippen LogP contribution in [-0.2, 0) is 4.79 Å². The van der Waals surface area contributed by atoms with Gasteiger partial charge in [0, 0.05) is 25.4 Å². The average Bonchev–Trinajstić information content (AvgIpc) is 2.78. The number of hydrogen-bond acceptors (Lipinski definition) is 3. The highest BCUT2D eigenvalue weighted by molar-refractivity contribution is 5.75. The van der Waals surface area contributed by atoms with Gasteiger partial charge in [-0.15, -0.1) is 0 Å². The monoisotopic (exact) mass is 240 g/mol. The van der Waals surface area contributed by atoms with Crippen molar-refractivity contribution in [2.24, 2.45) is 0 Å². The molecule has 2 amide bonds. The van der Waals surface area contributed by atoms with E-state index in [1.165, 1.54) is 4.90 Å². The number of hydrogen-bond donors (Lipinski definition) is 3. The van der Waals surface area contributed by atoms with Gasteiger partial charge >= 0.3 is 12.0 Å². The Balaban J connectivity index is 2.40. The quantitative estimate of drug-likeness (QED) is 0.701. The van der Waals surface area contributed by atoms with Gasteiger partial charge in [-0.2, -0.15) is 5.10 Å². The van der Waals surface area contributed by atoms with E-state index < -0.39 is 5.97 Å². The van der Waals surface area contributed by atoms with E-state index in [4.69, 9.17) is 5.11 Å². The first-order valence-electron chi connectivity index (χ1n) is 5.22. The summed E-state index contributed by atoms with van der Waals surface area (Å²) in [6.07, 6.45) is 3.26. The minimum atomic E-state index is -0.924. The van der Waals surface area contributed by atoms with Gasteiger partial charge in [0.05, 0.1) is 18.7 Å². The fraction of sp³-hybridized carbons (Fsp3) is 0.500. The molecule has 0 aromatic carbocycles. The lowest BCUT2D eigenvalue weighted by Crippen LogP contribution is -2.39. The second kappa shape index (κ2) is 5.88. The Hall–Kier alpha value is -2.05. The molecule has 0 aliphatic carbocycles. The van der Waals surface area contributed by atoms with Crippen molar-refractivity contribution < 1.29 is 14.7 Å². The summed E-state index contributed by atoms with van der Waals surface area (Å²) in [5, 5.41) is 17.7. The van der Waals surface area contributed by atoms with Gasteiger partial charge in [0.1, 0.15) is 0 Å². The van der Waals surface area contributed by atoms with Crippen LogP contribution in [0.15, 0.2) is 12.4 Å². The highest BCUT2D eigenvalue weighted by atomic mass is 16.4. The molecule has 0 spiro atoms. The van der Waals surface area contributed by atoms with Crippen LogP contribution in [-0.4, -0.2) is 45.8 Å². The minimum Gasteiger partial charge on any atom is -0.481 e. The summed E-state index contributed by atoms with van der Waals surface area (Å²) in [5.41, 5.74) is 0.866. The first-order valence-corrected chi connectivity index (χ1v) is 5.22. The number of rotatable bonds is 5. The normalized spacial score (nSPS) is 11.9. The van der Waals surface area contributed by atoms with Gasteiger partial charge in [-0.1, -0.05) is 0 Å². The van der Waals surface area contributed by atoms with Crippen molar-refractivity contribution in [3.8, 4) is 0 Å². The van der Waals surface area contributed by atoms with Crippen molar-refractivity contribution in [2.45, 2.75) is 19.4 Å². The highest BCUT2D eigenvalue weighted by Gasteiger charge is 2.14. The third kappa shape index (κ3) is 4.13. The summed E-state index contributed by atoms with van der Waals surface area (Å²) < 4.78 is 0. The van der Waals surface area contributed by atoms with Crippen LogP contribution >= 0.6 is 0 Å². The Morgan fingerprint density at radius 2 is 2.35 bits per heavy atom. The number of H-pyrrole nitrogens is 1.